The molecule has 2 aromatic rings. The molecule has 1 saturated carbocycles. The van der Waals surface area contributed by atoms with Gasteiger partial charge in [-0.25, -0.2) is 8.42 Å². The number of sulfonamides is 1. The fraction of sp³-hybridized carbons (Fsp3) is 0.455. The number of ether oxygens (including phenoxy) is 3. The van der Waals surface area contributed by atoms with Crippen LogP contribution in [0.3, 0.4) is 0 Å². The number of rotatable bonds is 6. The third kappa shape index (κ3) is 4.07. The van der Waals surface area contributed by atoms with E-state index in [1.165, 1.54) is 17.1 Å². The Hall–Kier alpha value is -2.25. The minimum atomic E-state index is -3.57. The number of fused-ring (bicyclic) bond motifs is 1. The normalized spacial score (nSPS) is 17.7. The van der Waals surface area contributed by atoms with Crippen molar-refractivity contribution in [2.24, 2.45) is 0 Å². The molecule has 0 saturated heterocycles. The molecule has 0 atom stereocenters. The summed E-state index contributed by atoms with van der Waals surface area (Å²) in [5, 5.41) is 0. The summed E-state index contributed by atoms with van der Waals surface area (Å²) in [6.45, 7) is 0.766. The average molecular weight is 418 g/mol. The lowest BCUT2D eigenvalue weighted by atomic mass is 10.00. The molecular weight excluding hydrogens is 390 g/mol. The second-order valence-electron chi connectivity index (χ2n) is 7.56. The second-order valence-corrected chi connectivity index (χ2v) is 9.50. The van der Waals surface area contributed by atoms with Crippen molar-refractivity contribution in [3.05, 3.63) is 47.5 Å². The van der Waals surface area contributed by atoms with Crippen LogP contribution in [0.15, 0.2) is 41.3 Å². The first-order chi connectivity index (χ1) is 14.0. The van der Waals surface area contributed by atoms with Crippen LogP contribution in [0.25, 0.3) is 0 Å². The molecule has 6 nitrogen and oxygen atoms in total. The monoisotopic (exact) mass is 417 g/mol. The Morgan fingerprint density at radius 1 is 0.931 bits per heavy atom. The van der Waals surface area contributed by atoms with Gasteiger partial charge in [0.05, 0.1) is 25.2 Å². The maximum atomic E-state index is 13.1. The topological polar surface area (TPSA) is 65.1 Å². The summed E-state index contributed by atoms with van der Waals surface area (Å²) < 4.78 is 44.6. The van der Waals surface area contributed by atoms with Crippen LogP contribution in [0.5, 0.6) is 17.2 Å². The summed E-state index contributed by atoms with van der Waals surface area (Å²) >= 11 is 0. The maximum Gasteiger partial charge on any atom is 0.243 e. The smallest absolute Gasteiger partial charge is 0.243 e. The van der Waals surface area contributed by atoms with Crippen LogP contribution in [0.4, 0.5) is 0 Å². The Labute approximate surface area is 172 Å². The molecule has 7 heteroatoms. The molecule has 156 valence electrons. The van der Waals surface area contributed by atoms with Gasteiger partial charge in [0.1, 0.15) is 5.75 Å². The van der Waals surface area contributed by atoms with E-state index in [0.717, 1.165) is 29.7 Å². The van der Waals surface area contributed by atoms with Gasteiger partial charge in [-0.1, -0.05) is 0 Å². The van der Waals surface area contributed by atoms with Gasteiger partial charge in [-0.2, -0.15) is 4.31 Å². The second kappa shape index (κ2) is 8.24. The lowest BCUT2D eigenvalue weighted by molar-refractivity contribution is 0.200. The first kappa shape index (κ1) is 20.0. The zero-order valence-electron chi connectivity index (χ0n) is 16.9. The SMILES string of the molecule is COc1ccc(S(=O)(=O)N2CCc3cc(OC)c(OC4CCCC4)cc3C2)cc1. The van der Waals surface area contributed by atoms with E-state index in [1.54, 1.807) is 38.5 Å². The molecule has 1 fully saturated rings. The third-order valence-electron chi connectivity index (χ3n) is 5.76. The van der Waals surface area contributed by atoms with E-state index in [0.29, 0.717) is 31.0 Å². The fourth-order valence-electron chi connectivity index (χ4n) is 4.08. The highest BCUT2D eigenvalue weighted by Gasteiger charge is 2.30. The Kier molecular flexibility index (Phi) is 5.69. The predicted molar refractivity (Wildman–Crippen MR) is 110 cm³/mol. The Balaban J connectivity index is 1.59. The minimum absolute atomic E-state index is 0.213. The number of benzene rings is 2. The van der Waals surface area contributed by atoms with Crippen molar-refractivity contribution in [1.82, 2.24) is 4.31 Å². The Morgan fingerprint density at radius 2 is 1.62 bits per heavy atom. The quantitative estimate of drug-likeness (QED) is 0.716. The van der Waals surface area contributed by atoms with Crippen molar-refractivity contribution in [2.75, 3.05) is 20.8 Å². The van der Waals surface area contributed by atoms with Gasteiger partial charge in [0, 0.05) is 13.1 Å². The first-order valence-corrected chi connectivity index (χ1v) is 11.5. The van der Waals surface area contributed by atoms with Gasteiger partial charge >= 0.3 is 0 Å². The number of hydrogen-bond acceptors (Lipinski definition) is 5. The lowest BCUT2D eigenvalue weighted by Gasteiger charge is -2.29. The molecule has 0 bridgehead atoms. The highest BCUT2D eigenvalue weighted by atomic mass is 32.2. The van der Waals surface area contributed by atoms with Crippen molar-refractivity contribution in [3.8, 4) is 17.2 Å². The molecule has 2 aromatic carbocycles. The van der Waals surface area contributed by atoms with Crippen molar-refractivity contribution in [3.63, 3.8) is 0 Å². The summed E-state index contributed by atoms with van der Waals surface area (Å²) in [6.07, 6.45) is 5.34. The van der Waals surface area contributed by atoms with E-state index < -0.39 is 10.0 Å². The zero-order chi connectivity index (χ0) is 20.4. The summed E-state index contributed by atoms with van der Waals surface area (Å²) in [5.41, 5.74) is 2.09. The predicted octanol–water partition coefficient (Wildman–Crippen LogP) is 3.77. The molecule has 0 amide bonds. The van der Waals surface area contributed by atoms with Crippen molar-refractivity contribution in [2.45, 2.75) is 49.6 Å². The van der Waals surface area contributed by atoms with Gasteiger partial charge in [-0.05, 0) is 79.6 Å². The molecule has 1 heterocycles. The highest BCUT2D eigenvalue weighted by Crippen LogP contribution is 2.37. The summed E-state index contributed by atoms with van der Waals surface area (Å²) in [5.74, 6) is 2.07. The van der Waals surface area contributed by atoms with E-state index in [9.17, 15) is 8.42 Å². The minimum Gasteiger partial charge on any atom is -0.497 e. The molecule has 0 unspecified atom stereocenters. The van der Waals surface area contributed by atoms with E-state index in [2.05, 4.69) is 0 Å². The van der Waals surface area contributed by atoms with Crippen LogP contribution < -0.4 is 14.2 Å². The van der Waals surface area contributed by atoms with Gasteiger partial charge in [0.2, 0.25) is 10.0 Å². The van der Waals surface area contributed by atoms with Crippen molar-refractivity contribution in [1.29, 1.82) is 0 Å². The molecule has 2 aliphatic rings. The molecule has 1 aliphatic carbocycles. The molecule has 0 radical (unpaired) electrons. The van der Waals surface area contributed by atoms with Crippen LogP contribution in [-0.2, 0) is 23.0 Å². The molecule has 1 aliphatic heterocycles. The molecule has 0 spiro atoms. The largest absolute Gasteiger partial charge is 0.497 e. The standard InChI is InChI=1S/C22H27NO5S/c1-26-18-7-9-20(10-8-18)29(24,25)23-12-11-16-13-21(27-2)22(14-17(16)15-23)28-19-5-3-4-6-19/h7-10,13-14,19H,3-6,11-12,15H2,1-2H3. The fourth-order valence-corrected chi connectivity index (χ4v) is 5.50. The maximum absolute atomic E-state index is 13.1. The first-order valence-electron chi connectivity index (χ1n) is 10.0. The third-order valence-corrected chi connectivity index (χ3v) is 7.62. The summed E-state index contributed by atoms with van der Waals surface area (Å²) in [4.78, 5) is 0.276. The van der Waals surface area contributed by atoms with Crippen molar-refractivity contribution < 1.29 is 22.6 Å². The van der Waals surface area contributed by atoms with Gasteiger partial charge in [0.25, 0.3) is 0 Å². The van der Waals surface area contributed by atoms with Crippen LogP contribution in [-0.4, -0.2) is 39.6 Å². The zero-order valence-corrected chi connectivity index (χ0v) is 17.7. The van der Waals surface area contributed by atoms with Crippen LogP contribution >= 0.6 is 0 Å². The van der Waals surface area contributed by atoms with E-state index in [-0.39, 0.29) is 11.0 Å². The lowest BCUT2D eigenvalue weighted by Crippen LogP contribution is -2.36. The van der Waals surface area contributed by atoms with Gasteiger partial charge in [0.15, 0.2) is 11.5 Å². The molecule has 29 heavy (non-hydrogen) atoms. The van der Waals surface area contributed by atoms with Crippen LogP contribution in [0.2, 0.25) is 0 Å². The van der Waals surface area contributed by atoms with E-state index in [1.807, 2.05) is 12.1 Å². The molecule has 0 aromatic heterocycles. The Bertz CT molecular complexity index is 965. The van der Waals surface area contributed by atoms with Gasteiger partial charge in [-0.15, -0.1) is 0 Å². The number of nitrogens with zero attached hydrogens (tertiary/aromatic N) is 1. The van der Waals surface area contributed by atoms with E-state index >= 15 is 0 Å². The highest BCUT2D eigenvalue weighted by molar-refractivity contribution is 7.89. The molecular formula is C22H27NO5S. The van der Waals surface area contributed by atoms with E-state index in [4.69, 9.17) is 14.2 Å². The van der Waals surface area contributed by atoms with Crippen LogP contribution in [0.1, 0.15) is 36.8 Å². The summed E-state index contributed by atoms with van der Waals surface area (Å²) in [7, 11) is -0.369. The molecule has 4 rings (SSSR count). The molecule has 0 N–H and O–H groups in total. The average Bonchev–Trinajstić information content (AvgIpc) is 3.26. The van der Waals surface area contributed by atoms with Gasteiger partial charge < -0.3 is 14.2 Å². The number of hydrogen-bond donors (Lipinski definition) is 0. The van der Waals surface area contributed by atoms with Crippen molar-refractivity contribution >= 4 is 10.0 Å². The van der Waals surface area contributed by atoms with Crippen LogP contribution in [0, 0.1) is 0 Å². The summed E-state index contributed by atoms with van der Waals surface area (Å²) in [6, 6.07) is 10.5. The number of methoxy groups -OCH3 is 2. The Morgan fingerprint density at radius 3 is 2.28 bits per heavy atom. The van der Waals surface area contributed by atoms with Gasteiger partial charge in [-0.3, -0.25) is 0 Å².